The lowest BCUT2D eigenvalue weighted by molar-refractivity contribution is -0.132. The van der Waals surface area contributed by atoms with E-state index < -0.39 is 23.7 Å². The van der Waals surface area contributed by atoms with Crippen molar-refractivity contribution in [3.05, 3.63) is 120 Å². The van der Waals surface area contributed by atoms with Crippen molar-refractivity contribution < 1.29 is 46.8 Å². The van der Waals surface area contributed by atoms with Crippen LogP contribution in [0.4, 0.5) is 13.6 Å². The van der Waals surface area contributed by atoms with E-state index in [2.05, 4.69) is 5.32 Å². The van der Waals surface area contributed by atoms with E-state index in [4.69, 9.17) is 23.7 Å². The molecular weight excluding hydrogens is 722 g/mol. The van der Waals surface area contributed by atoms with Crippen molar-refractivity contribution in [2.24, 2.45) is 0 Å². The van der Waals surface area contributed by atoms with Crippen LogP contribution in [0.5, 0.6) is 23.0 Å². The molecule has 1 amide bonds. The summed E-state index contributed by atoms with van der Waals surface area (Å²) < 4.78 is 53.0. The van der Waals surface area contributed by atoms with Gasteiger partial charge in [-0.15, -0.1) is 12.4 Å². The van der Waals surface area contributed by atoms with Gasteiger partial charge in [0.15, 0.2) is 0 Å². The first-order chi connectivity index (χ1) is 25.1. The van der Waals surface area contributed by atoms with E-state index in [1.54, 1.807) is 76.3 Å². The number of ether oxygens (including phenoxy) is 5. The third kappa shape index (κ3) is 16.2. The minimum atomic E-state index is -0.639. The van der Waals surface area contributed by atoms with Crippen LogP contribution in [0.25, 0.3) is 0 Å². The highest BCUT2D eigenvalue weighted by molar-refractivity contribution is 5.85. The van der Waals surface area contributed by atoms with Crippen LogP contribution in [0.15, 0.2) is 97.1 Å². The summed E-state index contributed by atoms with van der Waals surface area (Å²) >= 11 is 0. The molecule has 2 atom stereocenters. The molecule has 2 unspecified atom stereocenters. The lowest BCUT2D eigenvalue weighted by Gasteiger charge is -2.31. The van der Waals surface area contributed by atoms with Gasteiger partial charge in [-0.1, -0.05) is 24.3 Å². The smallest absolute Gasteiger partial charge is 0.410 e. The zero-order chi connectivity index (χ0) is 39.0. The van der Waals surface area contributed by atoms with E-state index in [9.17, 15) is 23.2 Å². The number of hydrogen-bond acceptors (Lipinski definition) is 9. The number of benzene rings is 4. The van der Waals surface area contributed by atoms with Gasteiger partial charge in [0, 0.05) is 39.8 Å². The summed E-state index contributed by atoms with van der Waals surface area (Å²) in [6.07, 6.45) is 0.681. The van der Waals surface area contributed by atoms with Crippen LogP contribution in [-0.2, 0) is 14.3 Å². The molecule has 0 aromatic heterocycles. The minimum absolute atomic E-state index is 0. The van der Waals surface area contributed by atoms with Crippen LogP contribution >= 0.6 is 12.4 Å². The van der Waals surface area contributed by atoms with E-state index >= 15 is 0 Å². The zero-order valence-corrected chi connectivity index (χ0v) is 32.4. The van der Waals surface area contributed by atoms with Crippen molar-refractivity contribution >= 4 is 30.4 Å². The average Bonchev–Trinajstić information content (AvgIpc) is 3.09. The second-order valence-corrected chi connectivity index (χ2v) is 13.0. The highest BCUT2D eigenvalue weighted by Crippen LogP contribution is 2.29. The summed E-state index contributed by atoms with van der Waals surface area (Å²) in [6.45, 7) is 8.86. The minimum Gasteiger partial charge on any atom is -0.494 e. The number of carbonyl (C=O) groups is 3. The van der Waals surface area contributed by atoms with E-state index in [1.165, 1.54) is 43.0 Å². The van der Waals surface area contributed by atoms with Gasteiger partial charge in [-0.05, 0) is 112 Å². The molecule has 1 N–H and O–H groups in total. The predicted molar refractivity (Wildman–Crippen MR) is 204 cm³/mol. The molecule has 0 fully saturated rings. The molecule has 0 saturated carbocycles. The summed E-state index contributed by atoms with van der Waals surface area (Å²) in [7, 11) is 3.51. The molecular formula is C41H49ClF2N2O8. The number of nitrogens with one attached hydrogen (secondary N) is 1. The van der Waals surface area contributed by atoms with E-state index in [0.717, 1.165) is 17.5 Å². The first kappa shape index (κ1) is 45.0. The summed E-state index contributed by atoms with van der Waals surface area (Å²) in [5.41, 5.74) is 1.14. The topological polar surface area (TPSA) is 113 Å². The molecule has 292 valence electrons. The average molecular weight is 771 g/mol. The van der Waals surface area contributed by atoms with Crippen LogP contribution in [0, 0.1) is 11.6 Å². The van der Waals surface area contributed by atoms with Crippen molar-refractivity contribution in [1.82, 2.24) is 10.2 Å². The highest BCUT2D eigenvalue weighted by atomic mass is 35.5. The molecule has 54 heavy (non-hydrogen) atoms. The Hall–Kier alpha value is -5.20. The van der Waals surface area contributed by atoms with Gasteiger partial charge in [0.25, 0.3) is 0 Å². The molecule has 0 saturated heterocycles. The fourth-order valence-corrected chi connectivity index (χ4v) is 5.08. The van der Waals surface area contributed by atoms with Gasteiger partial charge in [-0.3, -0.25) is 9.59 Å². The molecule has 0 aliphatic rings. The standard InChI is InChI=1S/C23H28FNO5.C18H20FNO3.ClH/c1-16(26)29-20-8-6-7-17(15-20)21(25(5)22(27)30-23(2,3)4)13-14-28-19-11-9-18(24)10-12-19;1-13(21)23-17-5-3-4-14(12-17)18(20-2)10-11-22-16-8-6-15(19)7-9-16;/h6-12,15,21H,13-14H2,1-5H3;3-9,12,18,20H,10-11H2,1-2H3;1H. The molecule has 4 aromatic rings. The summed E-state index contributed by atoms with van der Waals surface area (Å²) in [5.74, 6) is 0.682. The van der Waals surface area contributed by atoms with Crippen molar-refractivity contribution in [3.8, 4) is 23.0 Å². The fraction of sp³-hybridized carbons (Fsp3) is 0.341. The molecule has 0 radical (unpaired) electrons. The molecule has 4 aromatic carbocycles. The summed E-state index contributed by atoms with van der Waals surface area (Å²) in [5, 5.41) is 3.21. The first-order valence-electron chi connectivity index (χ1n) is 17.1. The molecule has 0 bridgehead atoms. The first-order valence-corrected chi connectivity index (χ1v) is 17.1. The van der Waals surface area contributed by atoms with Crippen LogP contribution in [-0.4, -0.2) is 55.8 Å². The number of halogens is 3. The maximum atomic E-state index is 13.1. The lowest BCUT2D eigenvalue weighted by Crippen LogP contribution is -2.37. The quantitative estimate of drug-likeness (QED) is 0.0992. The van der Waals surface area contributed by atoms with Crippen molar-refractivity contribution in [3.63, 3.8) is 0 Å². The lowest BCUT2D eigenvalue weighted by atomic mass is 10.0. The Morgan fingerprint density at radius 1 is 0.685 bits per heavy atom. The molecule has 4 rings (SSSR count). The van der Waals surface area contributed by atoms with E-state index in [1.807, 2.05) is 31.3 Å². The van der Waals surface area contributed by atoms with Gasteiger partial charge >= 0.3 is 18.0 Å². The molecule has 13 heteroatoms. The van der Waals surface area contributed by atoms with Crippen LogP contribution < -0.4 is 24.3 Å². The number of amides is 1. The number of carbonyl (C=O) groups excluding carboxylic acids is 3. The maximum Gasteiger partial charge on any atom is 0.410 e. The zero-order valence-electron chi connectivity index (χ0n) is 31.6. The Bertz CT molecular complexity index is 1770. The van der Waals surface area contributed by atoms with Gasteiger partial charge in [-0.25, -0.2) is 13.6 Å². The molecule has 0 aliphatic carbocycles. The predicted octanol–water partition coefficient (Wildman–Crippen LogP) is 9.03. The Kier molecular flexibility index (Phi) is 18.4. The van der Waals surface area contributed by atoms with Gasteiger partial charge in [-0.2, -0.15) is 0 Å². The Balaban J connectivity index is 0.000000379. The van der Waals surface area contributed by atoms with Crippen molar-refractivity contribution in [1.29, 1.82) is 0 Å². The summed E-state index contributed by atoms with van der Waals surface area (Å²) in [6, 6.07) is 25.7. The molecule has 10 nitrogen and oxygen atoms in total. The van der Waals surface area contributed by atoms with Gasteiger partial charge < -0.3 is 33.9 Å². The van der Waals surface area contributed by atoms with Gasteiger partial charge in [0.1, 0.15) is 40.2 Å². The SMILES string of the molecule is CC(=O)Oc1cccc(C(CCOc2ccc(F)cc2)N(C)C(=O)OC(C)(C)C)c1.CNC(CCOc1ccc(F)cc1)c1cccc(OC(C)=O)c1.Cl. The largest absolute Gasteiger partial charge is 0.494 e. The number of hydrogen-bond donors (Lipinski definition) is 1. The molecule has 0 aliphatic heterocycles. The number of esters is 2. The highest BCUT2D eigenvalue weighted by Gasteiger charge is 2.27. The third-order valence-electron chi connectivity index (χ3n) is 7.49. The Labute approximate surface area is 322 Å². The fourth-order valence-electron chi connectivity index (χ4n) is 5.08. The maximum absolute atomic E-state index is 13.1. The van der Waals surface area contributed by atoms with E-state index in [-0.39, 0.29) is 42.7 Å². The third-order valence-corrected chi connectivity index (χ3v) is 7.49. The second kappa shape index (κ2) is 22.1. The van der Waals surface area contributed by atoms with Crippen LogP contribution in [0.3, 0.4) is 0 Å². The van der Waals surface area contributed by atoms with Gasteiger partial charge in [0.2, 0.25) is 0 Å². The number of rotatable bonds is 14. The molecule has 0 heterocycles. The van der Waals surface area contributed by atoms with Gasteiger partial charge in [0.05, 0.1) is 19.3 Å². The van der Waals surface area contributed by atoms with Crippen LogP contribution in [0.1, 0.15) is 70.7 Å². The van der Waals surface area contributed by atoms with E-state index in [0.29, 0.717) is 36.0 Å². The monoisotopic (exact) mass is 770 g/mol. The van der Waals surface area contributed by atoms with Crippen molar-refractivity contribution in [2.45, 2.75) is 65.1 Å². The number of nitrogens with zero attached hydrogens (tertiary/aromatic N) is 1. The van der Waals surface area contributed by atoms with Crippen LogP contribution in [0.2, 0.25) is 0 Å². The Morgan fingerprint density at radius 2 is 1.13 bits per heavy atom. The second-order valence-electron chi connectivity index (χ2n) is 13.0. The Morgan fingerprint density at radius 3 is 1.57 bits per heavy atom. The summed E-state index contributed by atoms with van der Waals surface area (Å²) in [4.78, 5) is 36.5. The van der Waals surface area contributed by atoms with Crippen molar-refractivity contribution in [2.75, 3.05) is 27.3 Å². The normalized spacial score (nSPS) is 11.7. The molecule has 0 spiro atoms.